The van der Waals surface area contributed by atoms with Gasteiger partial charge in [-0.25, -0.2) is 13.6 Å². The fraction of sp³-hybridized carbons (Fsp3) is 0.300. The number of nitrogen functional groups attached to an aromatic ring is 1. The van der Waals surface area contributed by atoms with Gasteiger partial charge in [0.1, 0.15) is 0 Å². The summed E-state index contributed by atoms with van der Waals surface area (Å²) < 4.78 is 22.5. The van der Waals surface area contributed by atoms with E-state index in [0.29, 0.717) is 17.9 Å². The predicted molar refractivity (Wildman–Crippen MR) is 69.3 cm³/mol. The Kier molecular flexibility index (Phi) is 4.15. The van der Waals surface area contributed by atoms with Crippen molar-refractivity contribution in [3.8, 4) is 0 Å². The van der Waals surface area contributed by atoms with Crippen LogP contribution in [0.15, 0.2) is 23.1 Å². The zero-order chi connectivity index (χ0) is 13.9. The molecule has 0 aliphatic rings. The highest BCUT2D eigenvalue weighted by Gasteiger charge is 2.15. The maximum absolute atomic E-state index is 11.3. The van der Waals surface area contributed by atoms with E-state index in [1.807, 2.05) is 0 Å². The first kappa shape index (κ1) is 14.3. The molecule has 0 spiro atoms. The van der Waals surface area contributed by atoms with E-state index in [9.17, 15) is 13.2 Å². The molecule has 0 saturated heterocycles. The Balaban J connectivity index is 3.25. The van der Waals surface area contributed by atoms with Crippen LogP contribution in [0, 0.1) is 0 Å². The number of nitrogens with zero attached hydrogens (tertiary/aromatic N) is 1. The first-order valence-corrected chi connectivity index (χ1v) is 6.76. The maximum Gasteiger partial charge on any atom is 0.238 e. The summed E-state index contributed by atoms with van der Waals surface area (Å²) in [5, 5.41) is 5.04. The second-order valence-electron chi connectivity index (χ2n) is 3.75. The van der Waals surface area contributed by atoms with Gasteiger partial charge in [-0.1, -0.05) is 0 Å². The number of benzene rings is 1. The molecule has 1 aromatic carbocycles. The standard InChI is InChI=1S/C10H16N4O3S/c1-2-14(6-10(12)15)9-5-7(18(13,16)17)3-4-8(9)11/h3-5H,2,6,11H2,1H3,(H2,12,15)(H2,13,16,17). The molecule has 100 valence electrons. The van der Waals surface area contributed by atoms with Crippen LogP contribution in [0.2, 0.25) is 0 Å². The van der Waals surface area contributed by atoms with Crippen LogP contribution in [0.4, 0.5) is 11.4 Å². The van der Waals surface area contributed by atoms with Crippen LogP contribution in [0.5, 0.6) is 0 Å². The third-order valence-electron chi connectivity index (χ3n) is 2.40. The minimum absolute atomic E-state index is 0.0469. The molecule has 1 rings (SSSR count). The number of primary amides is 1. The zero-order valence-electron chi connectivity index (χ0n) is 9.96. The van der Waals surface area contributed by atoms with E-state index in [0.717, 1.165) is 0 Å². The Hall–Kier alpha value is -1.80. The van der Waals surface area contributed by atoms with Gasteiger partial charge in [-0.2, -0.15) is 0 Å². The highest BCUT2D eigenvalue weighted by atomic mass is 32.2. The second-order valence-corrected chi connectivity index (χ2v) is 5.31. The van der Waals surface area contributed by atoms with Gasteiger partial charge in [-0.05, 0) is 25.1 Å². The van der Waals surface area contributed by atoms with Gasteiger partial charge in [0.05, 0.1) is 22.8 Å². The number of amides is 1. The lowest BCUT2D eigenvalue weighted by Crippen LogP contribution is -2.34. The summed E-state index contributed by atoms with van der Waals surface area (Å²) >= 11 is 0. The number of hydrogen-bond donors (Lipinski definition) is 3. The molecule has 18 heavy (non-hydrogen) atoms. The third-order valence-corrected chi connectivity index (χ3v) is 3.31. The van der Waals surface area contributed by atoms with Crippen LogP contribution >= 0.6 is 0 Å². The quantitative estimate of drug-likeness (QED) is 0.605. The average molecular weight is 272 g/mol. The number of nitrogens with two attached hydrogens (primary N) is 3. The highest BCUT2D eigenvalue weighted by Crippen LogP contribution is 2.25. The Labute approximate surface area is 106 Å². The van der Waals surface area contributed by atoms with Crippen LogP contribution in [0.3, 0.4) is 0 Å². The van der Waals surface area contributed by atoms with Crippen molar-refractivity contribution >= 4 is 27.3 Å². The number of likely N-dealkylation sites (N-methyl/N-ethyl adjacent to an activating group) is 1. The topological polar surface area (TPSA) is 133 Å². The largest absolute Gasteiger partial charge is 0.397 e. The van der Waals surface area contributed by atoms with Gasteiger partial charge in [-0.15, -0.1) is 0 Å². The molecule has 8 heteroatoms. The van der Waals surface area contributed by atoms with Crippen molar-refractivity contribution in [2.45, 2.75) is 11.8 Å². The van der Waals surface area contributed by atoms with Gasteiger partial charge in [0, 0.05) is 6.54 Å². The van der Waals surface area contributed by atoms with Crippen molar-refractivity contribution in [1.82, 2.24) is 0 Å². The summed E-state index contributed by atoms with van der Waals surface area (Å²) in [6.07, 6.45) is 0. The molecule has 1 amide bonds. The normalized spacial score (nSPS) is 11.2. The summed E-state index contributed by atoms with van der Waals surface area (Å²) in [6, 6.07) is 4.07. The van der Waals surface area contributed by atoms with Gasteiger partial charge in [0.2, 0.25) is 15.9 Å². The van der Waals surface area contributed by atoms with Gasteiger partial charge < -0.3 is 16.4 Å². The molecular formula is C10H16N4O3S. The monoisotopic (exact) mass is 272 g/mol. The van der Waals surface area contributed by atoms with Crippen molar-refractivity contribution in [2.24, 2.45) is 10.9 Å². The number of carbonyl (C=O) groups excluding carboxylic acids is 1. The Morgan fingerprint density at radius 1 is 1.39 bits per heavy atom. The van der Waals surface area contributed by atoms with Crippen molar-refractivity contribution in [3.05, 3.63) is 18.2 Å². The van der Waals surface area contributed by atoms with Crippen molar-refractivity contribution in [1.29, 1.82) is 0 Å². The molecule has 0 fully saturated rings. The summed E-state index contributed by atoms with van der Waals surface area (Å²) in [5.41, 5.74) is 11.6. The van der Waals surface area contributed by atoms with E-state index < -0.39 is 15.9 Å². The van der Waals surface area contributed by atoms with E-state index >= 15 is 0 Å². The smallest absolute Gasteiger partial charge is 0.238 e. The number of rotatable bonds is 5. The Bertz CT molecular complexity index is 556. The molecule has 0 aliphatic carbocycles. The fourth-order valence-electron chi connectivity index (χ4n) is 1.53. The molecule has 0 saturated carbocycles. The van der Waals surface area contributed by atoms with Gasteiger partial charge in [0.15, 0.2) is 0 Å². The minimum atomic E-state index is -3.81. The Morgan fingerprint density at radius 3 is 2.44 bits per heavy atom. The molecule has 0 atom stereocenters. The number of sulfonamides is 1. The third kappa shape index (κ3) is 3.34. The summed E-state index contributed by atoms with van der Waals surface area (Å²) in [4.78, 5) is 12.4. The molecule has 0 radical (unpaired) electrons. The molecular weight excluding hydrogens is 256 g/mol. The predicted octanol–water partition coefficient (Wildman–Crippen LogP) is -0.772. The molecule has 0 aromatic heterocycles. The lowest BCUT2D eigenvalue weighted by molar-refractivity contribution is -0.116. The van der Waals surface area contributed by atoms with E-state index in [1.165, 1.54) is 18.2 Å². The highest BCUT2D eigenvalue weighted by molar-refractivity contribution is 7.89. The Morgan fingerprint density at radius 2 is 2.00 bits per heavy atom. The average Bonchev–Trinajstić information content (AvgIpc) is 2.25. The van der Waals surface area contributed by atoms with Crippen molar-refractivity contribution < 1.29 is 13.2 Å². The maximum atomic E-state index is 11.3. The lowest BCUT2D eigenvalue weighted by atomic mass is 10.2. The molecule has 1 aromatic rings. The molecule has 7 nitrogen and oxygen atoms in total. The van der Waals surface area contributed by atoms with Crippen LogP contribution in [-0.4, -0.2) is 27.4 Å². The molecule has 0 aliphatic heterocycles. The summed E-state index contributed by atoms with van der Waals surface area (Å²) in [6.45, 7) is 2.21. The lowest BCUT2D eigenvalue weighted by Gasteiger charge is -2.23. The van der Waals surface area contributed by atoms with Crippen LogP contribution in [0.25, 0.3) is 0 Å². The van der Waals surface area contributed by atoms with Crippen molar-refractivity contribution in [2.75, 3.05) is 23.7 Å². The summed E-state index contributed by atoms with van der Waals surface area (Å²) in [5.74, 6) is -0.530. The first-order valence-electron chi connectivity index (χ1n) is 5.21. The SMILES string of the molecule is CCN(CC(N)=O)c1cc(S(N)(=O)=O)ccc1N. The fourth-order valence-corrected chi connectivity index (χ4v) is 2.06. The first-order chi connectivity index (χ1) is 8.25. The van der Waals surface area contributed by atoms with Gasteiger partial charge >= 0.3 is 0 Å². The zero-order valence-corrected chi connectivity index (χ0v) is 10.8. The van der Waals surface area contributed by atoms with E-state index in [4.69, 9.17) is 16.6 Å². The van der Waals surface area contributed by atoms with Gasteiger partial charge in [-0.3, -0.25) is 4.79 Å². The number of anilines is 2. The van der Waals surface area contributed by atoms with E-state index in [2.05, 4.69) is 0 Å². The molecule has 0 bridgehead atoms. The van der Waals surface area contributed by atoms with Crippen LogP contribution < -0.4 is 21.5 Å². The van der Waals surface area contributed by atoms with E-state index in [-0.39, 0.29) is 11.4 Å². The number of carbonyl (C=O) groups is 1. The number of hydrogen-bond acceptors (Lipinski definition) is 5. The van der Waals surface area contributed by atoms with Gasteiger partial charge in [0.25, 0.3) is 0 Å². The van der Waals surface area contributed by atoms with Crippen molar-refractivity contribution in [3.63, 3.8) is 0 Å². The van der Waals surface area contributed by atoms with E-state index in [1.54, 1.807) is 11.8 Å². The van der Waals surface area contributed by atoms with Crippen LogP contribution in [-0.2, 0) is 14.8 Å². The minimum Gasteiger partial charge on any atom is -0.397 e. The molecule has 0 heterocycles. The second kappa shape index (κ2) is 5.23. The number of primary sulfonamides is 1. The van der Waals surface area contributed by atoms with Crippen LogP contribution in [0.1, 0.15) is 6.92 Å². The summed E-state index contributed by atoms with van der Waals surface area (Å²) in [7, 11) is -3.81. The molecule has 6 N–H and O–H groups in total. The molecule has 0 unspecified atom stereocenters.